The largest absolute Gasteiger partial charge is 0.490 e. The van der Waals surface area contributed by atoms with E-state index >= 15 is 0 Å². The van der Waals surface area contributed by atoms with Crippen molar-refractivity contribution in [3.05, 3.63) is 83.9 Å². The fourth-order valence-electron chi connectivity index (χ4n) is 12.2. The molecule has 6 aliphatic rings. The molecule has 2 aliphatic heterocycles. The molecule has 4 aromatic rings. The summed E-state index contributed by atoms with van der Waals surface area (Å²) in [4.78, 5) is 27.0. The van der Waals surface area contributed by atoms with Gasteiger partial charge in [0.25, 0.3) is 0 Å². The molecule has 8 nitrogen and oxygen atoms in total. The van der Waals surface area contributed by atoms with E-state index in [1.807, 2.05) is 0 Å². The average molecular weight is 857 g/mol. The Hall–Kier alpha value is -4.14. The highest BCUT2D eigenvalue weighted by atomic mass is 16.5. The van der Waals surface area contributed by atoms with Crippen LogP contribution in [-0.2, 0) is 27.4 Å². The van der Waals surface area contributed by atoms with E-state index in [-0.39, 0.29) is 17.8 Å². The van der Waals surface area contributed by atoms with E-state index in [4.69, 9.17) is 19.3 Å². The first-order valence-corrected chi connectivity index (χ1v) is 25.0. The summed E-state index contributed by atoms with van der Waals surface area (Å²) in [7, 11) is 1.47. The third kappa shape index (κ3) is 11.4. The zero-order valence-corrected chi connectivity index (χ0v) is 37.9. The lowest BCUT2D eigenvalue weighted by molar-refractivity contribution is -0.151. The maximum atomic E-state index is 11.6. The maximum Gasteiger partial charge on any atom is 0.311 e. The second-order valence-electron chi connectivity index (χ2n) is 20.4. The number of methoxy groups -OCH3 is 1. The molecule has 338 valence electrons. The van der Waals surface area contributed by atoms with Gasteiger partial charge in [0.1, 0.15) is 11.5 Å². The highest BCUT2D eigenvalue weighted by Crippen LogP contribution is 2.41. The lowest BCUT2D eigenvalue weighted by Gasteiger charge is -2.37. The first kappa shape index (κ1) is 44.1. The molecule has 0 radical (unpaired) electrons. The fraction of sp³-hybridized carbons (Fsp3) is 0.600. The molecule has 4 aromatic carbocycles. The Labute approximate surface area is 376 Å². The second kappa shape index (κ2) is 20.8. The molecule has 63 heavy (non-hydrogen) atoms. The number of aliphatic carboxylic acids is 1. The van der Waals surface area contributed by atoms with Crippen molar-refractivity contribution in [1.82, 2.24) is 9.80 Å². The Balaban J connectivity index is 0.000000160. The van der Waals surface area contributed by atoms with Gasteiger partial charge in [0, 0.05) is 39.3 Å². The SMILES string of the molecule is COC(=O)C1CN(Cc2ccc3cc(OC4CCC(C5CCCCC5)CC4)ccc3c2)C1.O=C(O)C1CN(Cc2ccc3cc(OC4CCC(C5CCCCC5)CC4)ccc3c2)C1. The first-order chi connectivity index (χ1) is 30.8. The van der Waals surface area contributed by atoms with Crippen LogP contribution in [-0.4, -0.2) is 72.3 Å². The monoisotopic (exact) mass is 857 g/mol. The Morgan fingerprint density at radius 3 is 1.29 bits per heavy atom. The number of ether oxygens (including phenoxy) is 3. The zero-order valence-electron chi connectivity index (χ0n) is 37.9. The van der Waals surface area contributed by atoms with Gasteiger partial charge in [-0.2, -0.15) is 0 Å². The Bertz CT molecular complexity index is 2130. The maximum absolute atomic E-state index is 11.6. The summed E-state index contributed by atoms with van der Waals surface area (Å²) in [5.41, 5.74) is 2.53. The van der Waals surface area contributed by atoms with E-state index in [2.05, 4.69) is 82.6 Å². The van der Waals surface area contributed by atoms with Gasteiger partial charge in [0.2, 0.25) is 0 Å². The minimum atomic E-state index is -0.676. The Morgan fingerprint density at radius 2 is 0.873 bits per heavy atom. The van der Waals surface area contributed by atoms with Crippen LogP contribution in [0.5, 0.6) is 11.5 Å². The summed E-state index contributed by atoms with van der Waals surface area (Å²) in [6.07, 6.45) is 25.5. The number of carbonyl (C=O) groups is 2. The molecule has 0 unspecified atom stereocenters. The molecule has 2 heterocycles. The van der Waals surface area contributed by atoms with Gasteiger partial charge >= 0.3 is 11.9 Å². The molecule has 4 saturated carbocycles. The van der Waals surface area contributed by atoms with Gasteiger partial charge in [0.15, 0.2) is 0 Å². The van der Waals surface area contributed by atoms with Crippen molar-refractivity contribution in [2.45, 2.75) is 141 Å². The lowest BCUT2D eigenvalue weighted by atomic mass is 9.73. The number of hydrogen-bond acceptors (Lipinski definition) is 7. The van der Waals surface area contributed by atoms with E-state index in [1.54, 1.807) is 0 Å². The molecule has 1 N–H and O–H groups in total. The summed E-state index contributed by atoms with van der Waals surface area (Å²) in [6, 6.07) is 26.2. The Morgan fingerprint density at radius 1 is 0.492 bits per heavy atom. The highest BCUT2D eigenvalue weighted by Gasteiger charge is 2.34. The number of carboxylic acids is 1. The molecular formula is C55H72N2O6. The molecule has 0 spiro atoms. The molecule has 4 aliphatic carbocycles. The van der Waals surface area contributed by atoms with Crippen LogP contribution >= 0.6 is 0 Å². The van der Waals surface area contributed by atoms with E-state index < -0.39 is 5.97 Å². The minimum Gasteiger partial charge on any atom is -0.490 e. The summed E-state index contributed by atoms with van der Waals surface area (Å²) in [6.45, 7) is 4.60. The van der Waals surface area contributed by atoms with Crippen molar-refractivity contribution in [3.8, 4) is 11.5 Å². The van der Waals surface area contributed by atoms with Crippen molar-refractivity contribution in [2.24, 2.45) is 35.5 Å². The Kier molecular flexibility index (Phi) is 14.5. The number of fused-ring (bicyclic) bond motifs is 2. The van der Waals surface area contributed by atoms with E-state index in [1.165, 1.54) is 155 Å². The van der Waals surface area contributed by atoms with Crippen LogP contribution in [0, 0.1) is 35.5 Å². The summed E-state index contributed by atoms with van der Waals surface area (Å²) >= 11 is 0. The second-order valence-corrected chi connectivity index (χ2v) is 20.4. The van der Waals surface area contributed by atoms with E-state index in [0.29, 0.717) is 25.3 Å². The zero-order chi connectivity index (χ0) is 43.1. The fourth-order valence-corrected chi connectivity index (χ4v) is 12.2. The van der Waals surface area contributed by atoms with Crippen molar-refractivity contribution < 1.29 is 28.9 Å². The number of esters is 1. The molecule has 0 aromatic heterocycles. The third-order valence-corrected chi connectivity index (χ3v) is 16.0. The van der Waals surface area contributed by atoms with Crippen LogP contribution in [0.3, 0.4) is 0 Å². The molecule has 2 saturated heterocycles. The lowest BCUT2D eigenvalue weighted by Crippen LogP contribution is -2.49. The van der Waals surface area contributed by atoms with Crippen molar-refractivity contribution in [1.29, 1.82) is 0 Å². The van der Waals surface area contributed by atoms with Gasteiger partial charge in [-0.25, -0.2) is 0 Å². The minimum absolute atomic E-state index is 0.0397. The molecule has 10 rings (SSSR count). The van der Waals surface area contributed by atoms with Crippen molar-refractivity contribution >= 4 is 33.5 Å². The number of benzene rings is 4. The van der Waals surface area contributed by atoms with Gasteiger partial charge in [0.05, 0.1) is 31.2 Å². The summed E-state index contributed by atoms with van der Waals surface area (Å²) in [5.74, 6) is 4.93. The topological polar surface area (TPSA) is 88.5 Å². The molecular weight excluding hydrogens is 785 g/mol. The summed E-state index contributed by atoms with van der Waals surface area (Å²) < 4.78 is 17.6. The van der Waals surface area contributed by atoms with E-state index in [9.17, 15) is 9.59 Å². The van der Waals surface area contributed by atoms with Crippen LogP contribution < -0.4 is 9.47 Å². The third-order valence-electron chi connectivity index (χ3n) is 16.0. The van der Waals surface area contributed by atoms with Gasteiger partial charge in [-0.1, -0.05) is 101 Å². The number of rotatable bonds is 12. The highest BCUT2D eigenvalue weighted by molar-refractivity contribution is 5.85. The number of likely N-dealkylation sites (tertiary alicyclic amines) is 2. The predicted molar refractivity (Wildman–Crippen MR) is 251 cm³/mol. The molecule has 0 bridgehead atoms. The van der Waals surface area contributed by atoms with Crippen LogP contribution in [0.4, 0.5) is 0 Å². The predicted octanol–water partition coefficient (Wildman–Crippen LogP) is 11.8. The number of carboxylic acid groups (broad SMARTS) is 1. The van der Waals surface area contributed by atoms with Crippen LogP contribution in [0.1, 0.15) is 127 Å². The normalized spacial score (nSPS) is 25.7. The number of carbonyl (C=O) groups excluding carboxylic acids is 1. The van der Waals surface area contributed by atoms with Gasteiger partial charge in [-0.3, -0.25) is 19.4 Å². The van der Waals surface area contributed by atoms with Gasteiger partial charge in [-0.15, -0.1) is 0 Å². The molecule has 0 atom stereocenters. The van der Waals surface area contributed by atoms with Gasteiger partial charge in [-0.05, 0) is 144 Å². The first-order valence-electron chi connectivity index (χ1n) is 25.0. The number of hydrogen-bond donors (Lipinski definition) is 1. The summed E-state index contributed by atoms with van der Waals surface area (Å²) in [5, 5.41) is 14.0. The smallest absolute Gasteiger partial charge is 0.311 e. The standard InChI is InChI=1S/C28H37NO3.C27H35NO3/c1-31-28(30)25-18-29(19-25)17-20-7-8-24-16-27(14-11-23(24)15-20)32-26-12-9-22(10-13-26)21-5-3-2-4-6-21;29-27(30)24-17-28(18-24)16-19-6-7-23-15-26(13-10-22(23)14-19)31-25-11-8-21(9-12-25)20-4-2-1-3-5-20/h7-8,11,14-16,21-22,25-26H,2-6,9-10,12-13,17-19H2,1H3;6-7,10,13-15,20-21,24-25H,1-5,8-9,11-12,16-18H2,(H,29,30). The van der Waals surface area contributed by atoms with Crippen molar-refractivity contribution in [2.75, 3.05) is 33.3 Å². The average Bonchev–Trinajstić information content (AvgIpc) is 3.29. The van der Waals surface area contributed by atoms with Crippen LogP contribution in [0.2, 0.25) is 0 Å². The molecule has 0 amide bonds. The van der Waals surface area contributed by atoms with Crippen molar-refractivity contribution in [3.63, 3.8) is 0 Å². The number of nitrogens with zero attached hydrogens (tertiary/aromatic N) is 2. The van der Waals surface area contributed by atoms with Crippen LogP contribution in [0.25, 0.3) is 21.5 Å². The van der Waals surface area contributed by atoms with E-state index in [0.717, 1.165) is 61.3 Å². The molecule has 8 heteroatoms. The van der Waals surface area contributed by atoms with Gasteiger partial charge < -0.3 is 19.3 Å². The quantitative estimate of drug-likeness (QED) is 0.141. The molecule has 6 fully saturated rings. The van der Waals surface area contributed by atoms with Crippen LogP contribution in [0.15, 0.2) is 72.8 Å².